The first-order chi connectivity index (χ1) is 18.0. The summed E-state index contributed by atoms with van der Waals surface area (Å²) in [7, 11) is 0. The van der Waals surface area contributed by atoms with E-state index in [0.717, 1.165) is 23.4 Å². The number of halogens is 3. The molecule has 1 heterocycles. The van der Waals surface area contributed by atoms with Crippen LogP contribution in [0, 0.1) is 17.0 Å². The first-order valence-electron chi connectivity index (χ1n) is 11.1. The molecule has 1 fully saturated rings. The van der Waals surface area contributed by atoms with E-state index in [1.54, 1.807) is 25.1 Å². The van der Waals surface area contributed by atoms with E-state index in [-0.39, 0.29) is 29.8 Å². The zero-order valence-corrected chi connectivity index (χ0v) is 21.6. The van der Waals surface area contributed by atoms with Crippen molar-refractivity contribution in [1.29, 1.82) is 0 Å². The SMILES string of the molecule is CCOc1cc(/C=C2/SC(=S)N(c3ccccc3C)C2=O)ccc1Oc1ccc(C(F)(F)F)cc1[N+](=O)[O-]. The molecule has 0 bridgehead atoms. The topological polar surface area (TPSA) is 81.9 Å². The summed E-state index contributed by atoms with van der Waals surface area (Å²) in [5.41, 5.74) is 0.136. The normalized spacial score (nSPS) is 14.8. The number of hydrogen-bond donors (Lipinski definition) is 0. The van der Waals surface area contributed by atoms with Gasteiger partial charge in [-0.05, 0) is 61.4 Å². The average Bonchev–Trinajstić information content (AvgIpc) is 3.13. The lowest BCUT2D eigenvalue weighted by Crippen LogP contribution is -2.28. The van der Waals surface area contributed by atoms with Gasteiger partial charge in [-0.2, -0.15) is 13.2 Å². The number of hydrogen-bond acceptors (Lipinski definition) is 7. The molecule has 196 valence electrons. The minimum Gasteiger partial charge on any atom is -0.490 e. The number of amides is 1. The Morgan fingerprint density at radius 2 is 1.79 bits per heavy atom. The van der Waals surface area contributed by atoms with E-state index in [2.05, 4.69) is 0 Å². The van der Waals surface area contributed by atoms with Gasteiger partial charge in [0, 0.05) is 6.07 Å². The fourth-order valence-corrected chi connectivity index (χ4v) is 4.93. The van der Waals surface area contributed by atoms with Crippen molar-refractivity contribution in [3.8, 4) is 17.2 Å². The van der Waals surface area contributed by atoms with Crippen LogP contribution in [0.1, 0.15) is 23.6 Å². The molecule has 38 heavy (non-hydrogen) atoms. The van der Waals surface area contributed by atoms with Crippen molar-refractivity contribution in [2.45, 2.75) is 20.0 Å². The van der Waals surface area contributed by atoms with Gasteiger partial charge in [-0.25, -0.2) is 0 Å². The smallest absolute Gasteiger partial charge is 0.416 e. The molecule has 3 aromatic carbocycles. The molecule has 4 rings (SSSR count). The molecular weight excluding hydrogens is 541 g/mol. The van der Waals surface area contributed by atoms with E-state index in [1.165, 1.54) is 11.0 Å². The fourth-order valence-electron chi connectivity index (χ4n) is 3.65. The van der Waals surface area contributed by atoms with Crippen molar-refractivity contribution in [2.24, 2.45) is 0 Å². The van der Waals surface area contributed by atoms with E-state index >= 15 is 0 Å². The van der Waals surface area contributed by atoms with Gasteiger partial charge in [0.05, 0.1) is 27.7 Å². The van der Waals surface area contributed by atoms with Crippen LogP contribution >= 0.6 is 24.0 Å². The molecule has 0 saturated carbocycles. The molecule has 0 aromatic heterocycles. The monoisotopic (exact) mass is 560 g/mol. The van der Waals surface area contributed by atoms with Gasteiger partial charge in [0.25, 0.3) is 5.91 Å². The summed E-state index contributed by atoms with van der Waals surface area (Å²) in [5, 5.41) is 11.4. The van der Waals surface area contributed by atoms with Crippen LogP contribution in [0.5, 0.6) is 17.2 Å². The molecule has 1 aliphatic heterocycles. The Bertz CT molecular complexity index is 1470. The number of anilines is 1. The van der Waals surface area contributed by atoms with Gasteiger partial charge in [-0.1, -0.05) is 48.2 Å². The number of nitro groups is 1. The molecule has 1 amide bonds. The van der Waals surface area contributed by atoms with Gasteiger partial charge >= 0.3 is 11.9 Å². The van der Waals surface area contributed by atoms with Gasteiger partial charge in [0.2, 0.25) is 5.75 Å². The molecule has 12 heteroatoms. The third kappa shape index (κ3) is 5.65. The highest BCUT2D eigenvalue weighted by atomic mass is 32.2. The van der Waals surface area contributed by atoms with Gasteiger partial charge in [-0.15, -0.1) is 0 Å². The summed E-state index contributed by atoms with van der Waals surface area (Å²) in [4.78, 5) is 25.5. The molecule has 0 N–H and O–H groups in total. The van der Waals surface area contributed by atoms with Crippen LogP contribution in [-0.4, -0.2) is 21.8 Å². The van der Waals surface area contributed by atoms with Crippen LogP contribution in [0.25, 0.3) is 6.08 Å². The second-order valence-corrected chi connectivity index (χ2v) is 9.66. The molecule has 3 aromatic rings. The lowest BCUT2D eigenvalue weighted by atomic mass is 10.1. The van der Waals surface area contributed by atoms with E-state index in [0.29, 0.717) is 32.6 Å². The fraction of sp³-hybridized carbons (Fsp3) is 0.154. The second-order valence-electron chi connectivity index (χ2n) is 7.98. The van der Waals surface area contributed by atoms with Crippen LogP contribution in [-0.2, 0) is 11.0 Å². The van der Waals surface area contributed by atoms with E-state index in [1.807, 2.05) is 31.2 Å². The number of carbonyl (C=O) groups is 1. The van der Waals surface area contributed by atoms with Crippen molar-refractivity contribution in [1.82, 2.24) is 0 Å². The van der Waals surface area contributed by atoms with Crippen molar-refractivity contribution in [3.05, 3.63) is 92.4 Å². The highest BCUT2D eigenvalue weighted by molar-refractivity contribution is 8.27. The van der Waals surface area contributed by atoms with Gasteiger partial charge in [0.15, 0.2) is 15.8 Å². The Kier molecular flexibility index (Phi) is 7.74. The summed E-state index contributed by atoms with van der Waals surface area (Å²) >= 11 is 6.58. The minimum absolute atomic E-state index is 0.0549. The summed E-state index contributed by atoms with van der Waals surface area (Å²) in [6, 6.07) is 14.0. The van der Waals surface area contributed by atoms with Crippen LogP contribution < -0.4 is 14.4 Å². The number of rotatable bonds is 7. The Hall–Kier alpha value is -3.90. The van der Waals surface area contributed by atoms with Crippen LogP contribution in [0.2, 0.25) is 0 Å². The molecule has 0 unspecified atom stereocenters. The highest BCUT2D eigenvalue weighted by Crippen LogP contribution is 2.42. The highest BCUT2D eigenvalue weighted by Gasteiger charge is 2.35. The minimum atomic E-state index is -4.75. The van der Waals surface area contributed by atoms with E-state index < -0.39 is 22.4 Å². The molecule has 1 saturated heterocycles. The van der Waals surface area contributed by atoms with Gasteiger partial charge < -0.3 is 9.47 Å². The molecule has 7 nitrogen and oxygen atoms in total. The number of para-hydroxylation sites is 1. The number of nitro benzene ring substituents is 1. The maximum atomic E-state index is 13.1. The summed E-state index contributed by atoms with van der Waals surface area (Å²) in [6.45, 7) is 3.81. The molecule has 1 aliphatic rings. The zero-order valence-electron chi connectivity index (χ0n) is 19.9. The molecule has 0 atom stereocenters. The van der Waals surface area contributed by atoms with Crippen molar-refractivity contribution in [2.75, 3.05) is 11.5 Å². The van der Waals surface area contributed by atoms with Crippen LogP contribution in [0.15, 0.2) is 65.6 Å². The van der Waals surface area contributed by atoms with Crippen LogP contribution in [0.3, 0.4) is 0 Å². The second kappa shape index (κ2) is 10.8. The van der Waals surface area contributed by atoms with Crippen LogP contribution in [0.4, 0.5) is 24.5 Å². The third-order valence-electron chi connectivity index (χ3n) is 5.42. The number of thioether (sulfide) groups is 1. The van der Waals surface area contributed by atoms with E-state index in [9.17, 15) is 28.1 Å². The number of thiocarbonyl (C=S) groups is 1. The first-order valence-corrected chi connectivity index (χ1v) is 12.4. The zero-order chi connectivity index (χ0) is 27.6. The lowest BCUT2D eigenvalue weighted by molar-refractivity contribution is -0.385. The molecule has 0 spiro atoms. The molecule has 0 radical (unpaired) electrons. The molecule has 0 aliphatic carbocycles. The van der Waals surface area contributed by atoms with Crippen molar-refractivity contribution >= 4 is 51.7 Å². The van der Waals surface area contributed by atoms with Crippen molar-refractivity contribution in [3.63, 3.8) is 0 Å². The Labute approximate surface area is 225 Å². The Morgan fingerprint density at radius 1 is 1.08 bits per heavy atom. The standard InChI is InChI=1S/C26H19F3N2O5S2/c1-3-35-22-12-16(13-23-24(32)30(25(37)38-23)18-7-5-4-6-15(18)2)8-10-21(22)36-20-11-9-17(26(27,28)29)14-19(20)31(33)34/h4-14H,3H2,1-2H3/b23-13+. The first kappa shape index (κ1) is 27.1. The third-order valence-corrected chi connectivity index (χ3v) is 6.72. The number of aryl methyl sites for hydroxylation is 1. The van der Waals surface area contributed by atoms with Gasteiger partial charge in [-0.3, -0.25) is 19.8 Å². The maximum Gasteiger partial charge on any atom is 0.416 e. The Balaban J connectivity index is 1.65. The maximum absolute atomic E-state index is 13.1. The molecular formula is C26H19F3N2O5S2. The summed E-state index contributed by atoms with van der Waals surface area (Å²) < 4.78 is 50.7. The predicted molar refractivity (Wildman–Crippen MR) is 143 cm³/mol. The predicted octanol–water partition coefficient (Wildman–Crippen LogP) is 7.52. The van der Waals surface area contributed by atoms with Gasteiger partial charge in [0.1, 0.15) is 0 Å². The number of ether oxygens (including phenoxy) is 2. The van der Waals surface area contributed by atoms with E-state index in [4.69, 9.17) is 21.7 Å². The average molecular weight is 561 g/mol. The number of benzene rings is 3. The van der Waals surface area contributed by atoms with Crippen molar-refractivity contribution < 1.29 is 32.4 Å². The summed E-state index contributed by atoms with van der Waals surface area (Å²) in [5.74, 6) is -0.423. The Morgan fingerprint density at radius 3 is 2.45 bits per heavy atom. The lowest BCUT2D eigenvalue weighted by Gasteiger charge is -2.16. The number of alkyl halides is 3. The quantitative estimate of drug-likeness (QED) is 0.128. The number of carbonyl (C=O) groups excluding carboxylic acids is 1. The largest absolute Gasteiger partial charge is 0.490 e. The summed E-state index contributed by atoms with van der Waals surface area (Å²) in [6.07, 6.45) is -3.12. The number of nitrogens with zero attached hydrogens (tertiary/aromatic N) is 2.